The van der Waals surface area contributed by atoms with Crippen LogP contribution in [-0.2, 0) is 53.0 Å². The van der Waals surface area contributed by atoms with E-state index in [0.717, 1.165) is 3.90 Å². The van der Waals surface area contributed by atoms with Crippen LogP contribution in [0.1, 0.15) is 6.42 Å². The van der Waals surface area contributed by atoms with Crippen LogP contribution in [0.5, 0.6) is 0 Å². The summed E-state index contributed by atoms with van der Waals surface area (Å²) in [4.78, 5) is 22.3. The van der Waals surface area contributed by atoms with Gasteiger partial charge in [0.05, 0.1) is 0 Å². The van der Waals surface area contributed by atoms with E-state index in [1.165, 1.54) is 45.8 Å². The Bertz CT molecular complexity index is 325. The Morgan fingerprint density at radius 3 is 2.47 bits per heavy atom. The third kappa shape index (κ3) is 4.90. The van der Waals surface area contributed by atoms with Gasteiger partial charge >= 0.3 is 111 Å². The molecule has 0 aromatic carbocycles. The summed E-state index contributed by atoms with van der Waals surface area (Å²) in [5.74, 6) is -1.35. The fourth-order valence-electron chi connectivity index (χ4n) is 0.898. The molecule has 15 heavy (non-hydrogen) atoms. The molecular weight excluding hydrogens is 538 g/mol. The number of hydrogen-bond acceptors (Lipinski definition) is 3. The first kappa shape index (κ1) is 14.8. The third-order valence-corrected chi connectivity index (χ3v) is 6.41. The second-order valence-corrected chi connectivity index (χ2v) is 5.31. The standard InChI is InChI=1S/C9H11NO3.2W/c1-4-7(8(10)11)5-6(2)9(12)13-3;;/h1,7H,2,5H2,3H3,(H2,10,11);;. The average Bonchev–Trinajstić information content (AvgIpc) is 2.22. The van der Waals surface area contributed by atoms with Crippen molar-refractivity contribution in [3.63, 3.8) is 0 Å². The summed E-state index contributed by atoms with van der Waals surface area (Å²) in [5.41, 5.74) is 5.53. The molecule has 2 N–H and O–H groups in total. The molecule has 0 saturated carbocycles. The normalized spacial score (nSPS) is 11.3. The maximum atomic E-state index is 11.2. The summed E-state index contributed by atoms with van der Waals surface area (Å²) >= 11 is 2.44. The van der Waals surface area contributed by atoms with Crippen LogP contribution < -0.4 is 5.73 Å². The van der Waals surface area contributed by atoms with Gasteiger partial charge in [-0.05, 0) is 0 Å². The first-order valence-electron chi connectivity index (χ1n) is 3.98. The third-order valence-electron chi connectivity index (χ3n) is 1.73. The average molecular weight is 549 g/mol. The Labute approximate surface area is 110 Å². The molecule has 0 saturated heterocycles. The van der Waals surface area contributed by atoms with Crippen molar-refractivity contribution in [1.82, 2.24) is 0 Å². The molecule has 6 heteroatoms. The zero-order chi connectivity index (χ0) is 12.0. The minimum absolute atomic E-state index is 0.241. The summed E-state index contributed by atoms with van der Waals surface area (Å²) in [6.07, 6.45) is 0.241. The van der Waals surface area contributed by atoms with E-state index < -0.39 is 17.8 Å². The van der Waals surface area contributed by atoms with Gasteiger partial charge in [-0.1, -0.05) is 0 Å². The molecule has 0 rings (SSSR count). The molecule has 0 fully saturated rings. The van der Waals surface area contributed by atoms with Crippen molar-refractivity contribution in [2.75, 3.05) is 7.11 Å². The Morgan fingerprint density at radius 1 is 1.60 bits per heavy atom. The van der Waals surface area contributed by atoms with E-state index in [1.807, 2.05) is 4.40 Å². The number of carbonyl (C=O) groups is 2. The molecule has 0 heterocycles. The monoisotopic (exact) mass is 549 g/mol. The van der Waals surface area contributed by atoms with E-state index in [1.54, 1.807) is 0 Å². The molecule has 1 atom stereocenters. The van der Waals surface area contributed by atoms with E-state index in [2.05, 4.69) is 11.3 Å². The topological polar surface area (TPSA) is 69.4 Å². The van der Waals surface area contributed by atoms with Crippen molar-refractivity contribution in [2.45, 2.75) is 6.42 Å². The molecule has 0 bridgehead atoms. The van der Waals surface area contributed by atoms with E-state index in [4.69, 9.17) is 5.73 Å². The van der Waals surface area contributed by atoms with Gasteiger partial charge in [-0.3, -0.25) is 0 Å². The van der Waals surface area contributed by atoms with Gasteiger partial charge in [0.1, 0.15) is 0 Å². The van der Waals surface area contributed by atoms with Crippen molar-refractivity contribution in [2.24, 2.45) is 11.7 Å². The van der Waals surface area contributed by atoms with Crippen LogP contribution in [0.2, 0.25) is 0 Å². The van der Waals surface area contributed by atoms with Gasteiger partial charge in [-0.2, -0.15) is 0 Å². The quantitative estimate of drug-likeness (QED) is 0.352. The minimum atomic E-state index is -0.493. The van der Waals surface area contributed by atoms with Crippen molar-refractivity contribution in [1.29, 1.82) is 0 Å². The van der Waals surface area contributed by atoms with E-state index >= 15 is 0 Å². The summed E-state index contributed by atoms with van der Waals surface area (Å²) in [7, 11) is 1.28. The summed E-state index contributed by atoms with van der Waals surface area (Å²) in [5, 5.41) is 0. The predicted octanol–water partition coefficient (Wildman–Crippen LogP) is -0.725. The van der Waals surface area contributed by atoms with Crippen LogP contribution in [0.4, 0.5) is 0 Å². The molecule has 0 aromatic rings. The Morgan fingerprint density at radius 2 is 2.13 bits per heavy atom. The van der Waals surface area contributed by atoms with E-state index in [0.29, 0.717) is 0 Å². The van der Waals surface area contributed by atoms with Gasteiger partial charge in [0.15, 0.2) is 0 Å². The first-order valence-corrected chi connectivity index (χ1v) is 7.14. The van der Waals surface area contributed by atoms with Crippen LogP contribution in [0.25, 0.3) is 0 Å². The van der Waals surface area contributed by atoms with Crippen molar-refractivity contribution in [3.05, 3.63) is 12.2 Å². The van der Waals surface area contributed by atoms with Crippen molar-refractivity contribution >= 4 is 20.2 Å². The van der Waals surface area contributed by atoms with Gasteiger partial charge in [0.2, 0.25) is 0 Å². The molecule has 0 spiro atoms. The maximum absolute atomic E-state index is 11.2. The van der Waals surface area contributed by atoms with Crippen LogP contribution in [0.3, 0.4) is 0 Å². The molecule has 0 aliphatic carbocycles. The summed E-state index contributed by atoms with van der Waals surface area (Å²) in [6.45, 7) is 3.57. The van der Waals surface area contributed by atoms with Gasteiger partial charge in [0.25, 0.3) is 0 Å². The number of amides is 1. The summed E-state index contributed by atoms with van der Waals surface area (Å²) < 4.78 is 7.37. The molecule has 0 radical (unpaired) electrons. The molecular formula is C9H11NO3W2. The number of esters is 1. The van der Waals surface area contributed by atoms with E-state index in [9.17, 15) is 9.59 Å². The Balaban J connectivity index is 4.63. The molecule has 0 aliphatic heterocycles. The number of hydrogen-bond donors (Lipinski definition) is 1. The van der Waals surface area contributed by atoms with Crippen LogP contribution in [0, 0.1) is 5.92 Å². The first-order chi connectivity index (χ1) is 6.93. The molecule has 0 aromatic heterocycles. The van der Waals surface area contributed by atoms with Crippen molar-refractivity contribution < 1.29 is 53.0 Å². The number of ether oxygens (including phenoxy) is 1. The number of methoxy groups -OCH3 is 1. The molecule has 4 nitrogen and oxygen atoms in total. The second-order valence-electron chi connectivity index (χ2n) is 2.77. The van der Waals surface area contributed by atoms with Crippen LogP contribution >= 0.6 is 0 Å². The van der Waals surface area contributed by atoms with Crippen molar-refractivity contribution in [3.8, 4) is 0 Å². The SMILES string of the molecule is C=C(CC(C(N)=O)[C](=[W])[CH]=[W])C(=O)OC. The molecule has 82 valence electrons. The Kier molecular flexibility index (Phi) is 7.04. The molecule has 0 aliphatic rings. The number of rotatable bonds is 6. The van der Waals surface area contributed by atoms with Crippen LogP contribution in [0.15, 0.2) is 12.2 Å². The fraction of sp³-hybridized carbons (Fsp3) is 0.333. The number of carbonyl (C=O) groups excluding carboxylic acids is 2. The number of primary amides is 1. The van der Waals surface area contributed by atoms with Gasteiger partial charge in [0, 0.05) is 0 Å². The van der Waals surface area contributed by atoms with Gasteiger partial charge in [-0.25, -0.2) is 0 Å². The number of nitrogens with two attached hydrogens (primary N) is 1. The zero-order valence-corrected chi connectivity index (χ0v) is 14.1. The molecule has 1 amide bonds. The van der Waals surface area contributed by atoms with Crippen LogP contribution in [-0.4, -0.2) is 27.3 Å². The predicted molar refractivity (Wildman–Crippen MR) is 49.5 cm³/mol. The molecule has 1 unspecified atom stereocenters. The zero-order valence-electron chi connectivity index (χ0n) is 8.19. The fourth-order valence-corrected chi connectivity index (χ4v) is 2.20. The Hall–Kier alpha value is -0.203. The van der Waals surface area contributed by atoms with E-state index in [-0.39, 0.29) is 12.0 Å². The second kappa shape index (κ2) is 7.13. The van der Waals surface area contributed by atoms with Gasteiger partial charge < -0.3 is 0 Å². The van der Waals surface area contributed by atoms with Gasteiger partial charge in [-0.15, -0.1) is 0 Å². The summed E-state index contributed by atoms with van der Waals surface area (Å²) in [6, 6.07) is 0.